The molecule has 1 fully saturated rings. The Hall–Kier alpha value is -1.39. The second kappa shape index (κ2) is 5.31. The van der Waals surface area contributed by atoms with Crippen molar-refractivity contribution in [3.05, 3.63) is 54.1 Å². The van der Waals surface area contributed by atoms with E-state index < -0.39 is 10.0 Å². The van der Waals surface area contributed by atoms with Gasteiger partial charge in [-0.1, -0.05) is 35.4 Å². The third-order valence-electron chi connectivity index (χ3n) is 3.55. The Bertz CT molecular complexity index is 600. The highest BCUT2D eigenvalue weighted by Crippen LogP contribution is 2.28. The van der Waals surface area contributed by atoms with Gasteiger partial charge in [0.2, 0.25) is 10.0 Å². The lowest BCUT2D eigenvalue weighted by molar-refractivity contribution is 0.471. The highest BCUT2D eigenvalue weighted by atomic mass is 32.2. The van der Waals surface area contributed by atoms with Crippen molar-refractivity contribution in [1.29, 1.82) is 0 Å². The molecular formula is C15H19NO2S. The maximum Gasteiger partial charge on any atom is 0.243 e. The highest BCUT2D eigenvalue weighted by Gasteiger charge is 2.33. The normalized spacial score (nSPS) is 22.8. The Morgan fingerprint density at radius 2 is 1.95 bits per heavy atom. The van der Waals surface area contributed by atoms with Crippen molar-refractivity contribution < 1.29 is 8.42 Å². The number of sulfonamides is 1. The first-order valence-electron chi connectivity index (χ1n) is 6.33. The Balaban J connectivity index is 2.32. The number of benzene rings is 1. The van der Waals surface area contributed by atoms with Crippen LogP contribution < -0.4 is 0 Å². The van der Waals surface area contributed by atoms with Gasteiger partial charge in [-0.2, -0.15) is 4.31 Å². The molecule has 1 aromatic rings. The van der Waals surface area contributed by atoms with E-state index in [1.807, 2.05) is 38.1 Å². The molecule has 0 N–H and O–H groups in total. The number of aryl methyl sites for hydroxylation is 1. The fourth-order valence-corrected chi connectivity index (χ4v) is 3.75. The maximum absolute atomic E-state index is 12.5. The summed E-state index contributed by atoms with van der Waals surface area (Å²) in [5.41, 5.74) is 2.17. The number of hydrogen-bond donors (Lipinski definition) is 0. The van der Waals surface area contributed by atoms with E-state index in [4.69, 9.17) is 0 Å². The highest BCUT2D eigenvalue weighted by molar-refractivity contribution is 7.89. The molecule has 0 amide bonds. The van der Waals surface area contributed by atoms with Crippen LogP contribution in [0.15, 0.2) is 53.5 Å². The Kier molecular flexibility index (Phi) is 3.92. The van der Waals surface area contributed by atoms with Crippen LogP contribution in [-0.4, -0.2) is 25.8 Å². The molecule has 19 heavy (non-hydrogen) atoms. The summed E-state index contributed by atoms with van der Waals surface area (Å²) < 4.78 is 26.6. The van der Waals surface area contributed by atoms with E-state index in [2.05, 4.69) is 6.58 Å². The predicted octanol–water partition coefficient (Wildman–Crippen LogP) is 2.75. The van der Waals surface area contributed by atoms with Gasteiger partial charge in [0.1, 0.15) is 0 Å². The number of hydrogen-bond acceptors (Lipinski definition) is 2. The van der Waals surface area contributed by atoms with Crippen molar-refractivity contribution in [1.82, 2.24) is 4.31 Å². The van der Waals surface area contributed by atoms with Crippen LogP contribution in [0.25, 0.3) is 0 Å². The quantitative estimate of drug-likeness (QED) is 0.797. The number of nitrogens with zero attached hydrogens (tertiary/aromatic N) is 1. The van der Waals surface area contributed by atoms with Crippen LogP contribution in [0.2, 0.25) is 0 Å². The van der Waals surface area contributed by atoms with Crippen LogP contribution in [0.4, 0.5) is 0 Å². The van der Waals surface area contributed by atoms with Gasteiger partial charge in [-0.05, 0) is 26.0 Å². The summed E-state index contributed by atoms with van der Waals surface area (Å²) in [7, 11) is -3.40. The van der Waals surface area contributed by atoms with Gasteiger partial charge < -0.3 is 0 Å². The molecule has 0 bridgehead atoms. The molecule has 1 aliphatic rings. The average Bonchev–Trinajstić information content (AvgIpc) is 2.83. The second-order valence-electron chi connectivity index (χ2n) is 4.82. The summed E-state index contributed by atoms with van der Waals surface area (Å²) >= 11 is 0. The van der Waals surface area contributed by atoms with Gasteiger partial charge in [0.25, 0.3) is 0 Å². The molecule has 1 atom stereocenters. The van der Waals surface area contributed by atoms with Gasteiger partial charge in [-0.25, -0.2) is 8.42 Å². The minimum absolute atomic E-state index is 0.130. The molecule has 0 spiro atoms. The third kappa shape index (κ3) is 2.65. The van der Waals surface area contributed by atoms with Crippen LogP contribution in [-0.2, 0) is 10.0 Å². The molecule has 3 nitrogen and oxygen atoms in total. The standard InChI is InChI=1S/C15H19NO2S/c1-4-13-10-16(11-14(13)5-2)19(17,18)15-8-6-12(3)7-9-15/h4-9,13H,1,10-11H2,2-3H3/b14-5-. The van der Waals surface area contributed by atoms with E-state index in [0.717, 1.165) is 11.1 Å². The molecule has 0 saturated carbocycles. The van der Waals surface area contributed by atoms with E-state index in [9.17, 15) is 8.42 Å². The first-order chi connectivity index (χ1) is 8.98. The first kappa shape index (κ1) is 14.0. The van der Waals surface area contributed by atoms with E-state index >= 15 is 0 Å². The van der Waals surface area contributed by atoms with Crippen LogP contribution in [0.3, 0.4) is 0 Å². The lowest BCUT2D eigenvalue weighted by Gasteiger charge is -2.15. The molecule has 1 heterocycles. The Labute approximate surface area is 115 Å². The van der Waals surface area contributed by atoms with Gasteiger partial charge in [0.15, 0.2) is 0 Å². The number of allylic oxidation sites excluding steroid dienone is 1. The SMILES string of the molecule is C=CC1CN(S(=O)(=O)c2ccc(C)cc2)C/C1=C/C. The molecular weight excluding hydrogens is 258 g/mol. The predicted molar refractivity (Wildman–Crippen MR) is 77.4 cm³/mol. The van der Waals surface area contributed by atoms with Crippen LogP contribution in [0.5, 0.6) is 0 Å². The monoisotopic (exact) mass is 277 g/mol. The molecule has 2 rings (SSSR count). The molecule has 1 aliphatic heterocycles. The fraction of sp³-hybridized carbons (Fsp3) is 0.333. The zero-order valence-corrected chi connectivity index (χ0v) is 12.2. The molecule has 1 saturated heterocycles. The summed E-state index contributed by atoms with van der Waals surface area (Å²) in [6.07, 6.45) is 3.80. The first-order valence-corrected chi connectivity index (χ1v) is 7.77. The fourth-order valence-electron chi connectivity index (χ4n) is 2.30. The summed E-state index contributed by atoms with van der Waals surface area (Å²) in [6.45, 7) is 8.61. The van der Waals surface area contributed by atoms with E-state index in [1.54, 1.807) is 12.1 Å². The topological polar surface area (TPSA) is 37.4 Å². The summed E-state index contributed by atoms with van der Waals surface area (Å²) in [6, 6.07) is 6.98. The van der Waals surface area contributed by atoms with Gasteiger partial charge in [-0.15, -0.1) is 6.58 Å². The molecule has 4 heteroatoms. The van der Waals surface area contributed by atoms with Gasteiger partial charge in [0.05, 0.1) is 4.90 Å². The Morgan fingerprint density at radius 3 is 2.42 bits per heavy atom. The molecule has 1 aromatic carbocycles. The molecule has 0 radical (unpaired) electrons. The number of rotatable bonds is 3. The van der Waals surface area contributed by atoms with Crippen molar-refractivity contribution in [3.8, 4) is 0 Å². The van der Waals surface area contributed by atoms with Gasteiger partial charge in [-0.3, -0.25) is 0 Å². The lowest BCUT2D eigenvalue weighted by atomic mass is 10.0. The molecule has 0 aliphatic carbocycles. The van der Waals surface area contributed by atoms with Crippen LogP contribution in [0.1, 0.15) is 12.5 Å². The van der Waals surface area contributed by atoms with Crippen molar-refractivity contribution in [2.75, 3.05) is 13.1 Å². The molecule has 1 unspecified atom stereocenters. The summed E-state index contributed by atoms with van der Waals surface area (Å²) in [5, 5.41) is 0. The van der Waals surface area contributed by atoms with Crippen LogP contribution in [0, 0.1) is 12.8 Å². The summed E-state index contributed by atoms with van der Waals surface area (Å²) in [5.74, 6) is 0.130. The average molecular weight is 277 g/mol. The smallest absolute Gasteiger partial charge is 0.207 e. The van der Waals surface area contributed by atoms with Crippen LogP contribution >= 0.6 is 0 Å². The minimum Gasteiger partial charge on any atom is -0.207 e. The second-order valence-corrected chi connectivity index (χ2v) is 6.75. The van der Waals surface area contributed by atoms with Crippen molar-refractivity contribution in [2.24, 2.45) is 5.92 Å². The largest absolute Gasteiger partial charge is 0.243 e. The van der Waals surface area contributed by atoms with E-state index in [0.29, 0.717) is 18.0 Å². The van der Waals surface area contributed by atoms with Crippen molar-refractivity contribution in [2.45, 2.75) is 18.7 Å². The van der Waals surface area contributed by atoms with E-state index in [1.165, 1.54) is 4.31 Å². The zero-order chi connectivity index (χ0) is 14.0. The van der Waals surface area contributed by atoms with Crippen molar-refractivity contribution in [3.63, 3.8) is 0 Å². The van der Waals surface area contributed by atoms with E-state index in [-0.39, 0.29) is 5.92 Å². The van der Waals surface area contributed by atoms with Gasteiger partial charge in [0, 0.05) is 19.0 Å². The minimum atomic E-state index is -3.40. The van der Waals surface area contributed by atoms with Gasteiger partial charge >= 0.3 is 0 Å². The Morgan fingerprint density at radius 1 is 1.32 bits per heavy atom. The lowest BCUT2D eigenvalue weighted by Crippen LogP contribution is -2.28. The maximum atomic E-state index is 12.5. The molecule has 0 aromatic heterocycles. The summed E-state index contributed by atoms with van der Waals surface area (Å²) in [4.78, 5) is 0.360. The third-order valence-corrected chi connectivity index (χ3v) is 5.38. The molecule has 102 valence electrons. The van der Waals surface area contributed by atoms with Crippen molar-refractivity contribution >= 4 is 10.0 Å². The zero-order valence-electron chi connectivity index (χ0n) is 11.3.